The van der Waals surface area contributed by atoms with Gasteiger partial charge in [0, 0.05) is 17.9 Å². The number of hydrogen-bond acceptors (Lipinski definition) is 3. The molecule has 0 amide bonds. The van der Waals surface area contributed by atoms with Crippen molar-refractivity contribution < 1.29 is 5.11 Å². The third kappa shape index (κ3) is 3.84. The molecule has 0 spiro atoms. The summed E-state index contributed by atoms with van der Waals surface area (Å²) in [4.78, 5) is 2.12. The summed E-state index contributed by atoms with van der Waals surface area (Å²) in [6.45, 7) is 2.61. The van der Waals surface area contributed by atoms with E-state index in [4.69, 9.17) is 5.26 Å². The van der Waals surface area contributed by atoms with Crippen LogP contribution < -0.4 is 4.90 Å². The monoisotopic (exact) mass is 280 g/mol. The Balaban J connectivity index is 2.27. The minimum Gasteiger partial charge on any atom is -0.388 e. The van der Waals surface area contributed by atoms with E-state index in [1.807, 2.05) is 61.5 Å². The van der Waals surface area contributed by atoms with Crippen molar-refractivity contribution in [1.29, 1.82) is 5.26 Å². The lowest BCUT2D eigenvalue weighted by Crippen LogP contribution is -2.18. The smallest absolute Gasteiger partial charge is 0.0787 e. The fourth-order valence-corrected chi connectivity index (χ4v) is 2.29. The Morgan fingerprint density at radius 2 is 1.67 bits per heavy atom. The number of hydrogen-bond donors (Lipinski definition) is 1. The first-order valence-electron chi connectivity index (χ1n) is 7.23. The van der Waals surface area contributed by atoms with E-state index < -0.39 is 6.10 Å². The number of anilines is 2. The maximum Gasteiger partial charge on any atom is 0.0787 e. The Labute approximate surface area is 126 Å². The van der Waals surface area contributed by atoms with E-state index in [0.29, 0.717) is 19.4 Å². The van der Waals surface area contributed by atoms with Gasteiger partial charge in [0.1, 0.15) is 0 Å². The van der Waals surface area contributed by atoms with Crippen LogP contribution in [0.5, 0.6) is 0 Å². The van der Waals surface area contributed by atoms with Crippen LogP contribution in [0.4, 0.5) is 11.4 Å². The van der Waals surface area contributed by atoms with Crippen LogP contribution in [0.15, 0.2) is 54.6 Å². The molecule has 108 valence electrons. The van der Waals surface area contributed by atoms with E-state index in [1.165, 1.54) is 0 Å². The van der Waals surface area contributed by atoms with Crippen LogP contribution in [-0.2, 0) is 0 Å². The van der Waals surface area contributed by atoms with E-state index >= 15 is 0 Å². The van der Waals surface area contributed by atoms with Gasteiger partial charge >= 0.3 is 0 Å². The molecule has 0 fully saturated rings. The van der Waals surface area contributed by atoms with E-state index in [0.717, 1.165) is 16.9 Å². The second-order valence-corrected chi connectivity index (χ2v) is 4.91. The number of nitriles is 1. The standard InChI is InChI=1S/C18H20N2O/c1-2-18(21)15-9-11-17(12-10-15)20(14-6-13-19)16-7-4-3-5-8-16/h3-5,7-12,18,21H,2,6,14H2,1H3/t18-/m0/s1. The van der Waals surface area contributed by atoms with Gasteiger partial charge in [-0.1, -0.05) is 37.3 Å². The van der Waals surface area contributed by atoms with Crippen molar-refractivity contribution in [2.45, 2.75) is 25.9 Å². The van der Waals surface area contributed by atoms with Crippen molar-refractivity contribution in [1.82, 2.24) is 0 Å². The third-order valence-electron chi connectivity index (χ3n) is 3.49. The van der Waals surface area contributed by atoms with Crippen LogP contribution >= 0.6 is 0 Å². The normalized spacial score (nSPS) is 11.7. The van der Waals surface area contributed by atoms with Gasteiger partial charge in [0.2, 0.25) is 0 Å². The first-order chi connectivity index (χ1) is 10.3. The SMILES string of the molecule is CC[C@H](O)c1ccc(N(CCC#N)c2ccccc2)cc1. The maximum atomic E-state index is 9.86. The van der Waals surface area contributed by atoms with Gasteiger partial charge in [-0.05, 0) is 36.2 Å². The zero-order valence-corrected chi connectivity index (χ0v) is 12.2. The van der Waals surface area contributed by atoms with Gasteiger partial charge in [-0.15, -0.1) is 0 Å². The number of rotatable bonds is 6. The highest BCUT2D eigenvalue weighted by molar-refractivity contribution is 5.63. The summed E-state index contributed by atoms with van der Waals surface area (Å²) in [5, 5.41) is 18.7. The number of aliphatic hydroxyl groups is 1. The van der Waals surface area contributed by atoms with Gasteiger partial charge in [-0.25, -0.2) is 0 Å². The van der Waals surface area contributed by atoms with Gasteiger partial charge in [-0.2, -0.15) is 5.26 Å². The van der Waals surface area contributed by atoms with Gasteiger partial charge in [0.05, 0.1) is 18.6 Å². The Bertz CT molecular complexity index is 587. The second-order valence-electron chi connectivity index (χ2n) is 4.91. The molecule has 2 aromatic carbocycles. The maximum absolute atomic E-state index is 9.86. The van der Waals surface area contributed by atoms with Gasteiger partial charge in [-0.3, -0.25) is 0 Å². The van der Waals surface area contributed by atoms with Crippen molar-refractivity contribution in [3.05, 3.63) is 60.2 Å². The summed E-state index contributed by atoms with van der Waals surface area (Å²) in [5.74, 6) is 0. The minimum atomic E-state index is -0.414. The lowest BCUT2D eigenvalue weighted by atomic mass is 10.1. The van der Waals surface area contributed by atoms with E-state index in [1.54, 1.807) is 0 Å². The molecule has 0 aliphatic carbocycles. The number of benzene rings is 2. The minimum absolute atomic E-state index is 0.414. The van der Waals surface area contributed by atoms with Crippen molar-refractivity contribution in [3.8, 4) is 6.07 Å². The average molecular weight is 280 g/mol. The molecule has 3 nitrogen and oxygen atoms in total. The third-order valence-corrected chi connectivity index (χ3v) is 3.49. The predicted octanol–water partition coefficient (Wildman–Crippen LogP) is 4.18. The molecule has 0 unspecified atom stereocenters. The van der Waals surface area contributed by atoms with Crippen molar-refractivity contribution in [2.75, 3.05) is 11.4 Å². The Morgan fingerprint density at radius 1 is 1.05 bits per heavy atom. The van der Waals surface area contributed by atoms with Gasteiger partial charge < -0.3 is 10.0 Å². The highest BCUT2D eigenvalue weighted by Gasteiger charge is 2.10. The largest absolute Gasteiger partial charge is 0.388 e. The molecule has 3 heteroatoms. The van der Waals surface area contributed by atoms with Crippen LogP contribution in [0.1, 0.15) is 31.4 Å². The highest BCUT2D eigenvalue weighted by atomic mass is 16.3. The summed E-state index contributed by atoms with van der Waals surface area (Å²) in [6.07, 6.45) is 0.757. The van der Waals surface area contributed by atoms with Gasteiger partial charge in [0.15, 0.2) is 0 Å². The van der Waals surface area contributed by atoms with E-state index in [9.17, 15) is 5.11 Å². The second kappa shape index (κ2) is 7.47. The van der Waals surface area contributed by atoms with Crippen LogP contribution in [0.2, 0.25) is 0 Å². The van der Waals surface area contributed by atoms with Crippen LogP contribution in [0.3, 0.4) is 0 Å². The lowest BCUT2D eigenvalue weighted by Gasteiger charge is -2.24. The van der Waals surface area contributed by atoms with Crippen molar-refractivity contribution in [3.63, 3.8) is 0 Å². The van der Waals surface area contributed by atoms with E-state index in [-0.39, 0.29) is 0 Å². The first kappa shape index (κ1) is 15.1. The molecule has 1 N–H and O–H groups in total. The highest BCUT2D eigenvalue weighted by Crippen LogP contribution is 2.27. The molecule has 0 bridgehead atoms. The molecule has 1 atom stereocenters. The summed E-state index contributed by atoms with van der Waals surface area (Å²) < 4.78 is 0. The average Bonchev–Trinajstić information content (AvgIpc) is 2.56. The molecule has 2 aromatic rings. The molecule has 0 aliphatic rings. The quantitative estimate of drug-likeness (QED) is 0.863. The summed E-state index contributed by atoms with van der Waals surface area (Å²) in [6, 6.07) is 20.1. The molecule has 0 aromatic heterocycles. The molecule has 2 rings (SSSR count). The summed E-state index contributed by atoms with van der Waals surface area (Å²) in [7, 11) is 0. The zero-order chi connectivity index (χ0) is 15.1. The topological polar surface area (TPSA) is 47.3 Å². The van der Waals surface area contributed by atoms with Crippen molar-refractivity contribution >= 4 is 11.4 Å². The molecule has 0 saturated heterocycles. The fraction of sp³-hybridized carbons (Fsp3) is 0.278. The summed E-state index contributed by atoms with van der Waals surface area (Å²) >= 11 is 0. The lowest BCUT2D eigenvalue weighted by molar-refractivity contribution is 0.173. The molecule has 0 saturated carbocycles. The Hall–Kier alpha value is -2.31. The van der Waals surface area contributed by atoms with Gasteiger partial charge in [0.25, 0.3) is 0 Å². The van der Waals surface area contributed by atoms with Crippen molar-refractivity contribution in [2.24, 2.45) is 0 Å². The van der Waals surface area contributed by atoms with Crippen LogP contribution in [-0.4, -0.2) is 11.7 Å². The first-order valence-corrected chi connectivity index (χ1v) is 7.23. The van der Waals surface area contributed by atoms with Crippen LogP contribution in [0, 0.1) is 11.3 Å². The number of nitrogens with zero attached hydrogens (tertiary/aromatic N) is 2. The molecule has 0 heterocycles. The zero-order valence-electron chi connectivity index (χ0n) is 12.2. The predicted molar refractivity (Wildman–Crippen MR) is 85.4 cm³/mol. The summed E-state index contributed by atoms with van der Waals surface area (Å²) in [5.41, 5.74) is 3.02. The molecular weight excluding hydrogens is 260 g/mol. The fourth-order valence-electron chi connectivity index (χ4n) is 2.29. The Kier molecular flexibility index (Phi) is 5.36. The van der Waals surface area contributed by atoms with Crippen LogP contribution in [0.25, 0.3) is 0 Å². The number of aliphatic hydroxyl groups excluding tert-OH is 1. The molecule has 0 aliphatic heterocycles. The Morgan fingerprint density at radius 3 is 2.24 bits per heavy atom. The molecule has 0 radical (unpaired) electrons. The van der Waals surface area contributed by atoms with E-state index in [2.05, 4.69) is 11.0 Å². The number of para-hydroxylation sites is 1. The molecular formula is C18H20N2O. The molecule has 21 heavy (non-hydrogen) atoms.